The van der Waals surface area contributed by atoms with Gasteiger partial charge in [-0.1, -0.05) is 30.7 Å². The van der Waals surface area contributed by atoms with Crippen molar-refractivity contribution in [2.45, 2.75) is 44.6 Å². The molecule has 0 bridgehead atoms. The molecular weight excluding hydrogens is 312 g/mol. The maximum Gasteiger partial charge on any atom is 0.111 e. The van der Waals surface area contributed by atoms with Gasteiger partial charge in [0, 0.05) is 24.7 Å². The van der Waals surface area contributed by atoms with E-state index in [1.807, 2.05) is 19.1 Å². The summed E-state index contributed by atoms with van der Waals surface area (Å²) in [5, 5.41) is 10.7. The molecule has 0 radical (unpaired) electrons. The van der Waals surface area contributed by atoms with Gasteiger partial charge in [0.05, 0.1) is 6.04 Å². The molecule has 0 aromatic heterocycles. The van der Waals surface area contributed by atoms with Gasteiger partial charge in [0.15, 0.2) is 0 Å². The predicted molar refractivity (Wildman–Crippen MR) is 94.7 cm³/mol. The molecule has 0 amide bonds. The highest BCUT2D eigenvalue weighted by atomic mass is 35.5. The SMILES string of the molecule is CCCOC1(c2ccc(Cl)cc2)CCN(C(C)O)CC1N(C)C. The Balaban J connectivity index is 2.40. The van der Waals surface area contributed by atoms with E-state index in [1.54, 1.807) is 0 Å². The largest absolute Gasteiger partial charge is 0.379 e. The highest BCUT2D eigenvalue weighted by molar-refractivity contribution is 6.30. The van der Waals surface area contributed by atoms with Crippen LogP contribution in [0.15, 0.2) is 24.3 Å². The summed E-state index contributed by atoms with van der Waals surface area (Å²) in [5.41, 5.74) is 0.800. The Bertz CT molecular complexity index is 492. The average molecular weight is 341 g/mol. The fourth-order valence-corrected chi connectivity index (χ4v) is 3.59. The number of likely N-dealkylation sites (N-methyl/N-ethyl adjacent to an activating group) is 1. The van der Waals surface area contributed by atoms with E-state index in [0.717, 1.165) is 37.6 Å². The first-order chi connectivity index (χ1) is 10.9. The van der Waals surface area contributed by atoms with Crippen LogP contribution in [0.5, 0.6) is 0 Å². The van der Waals surface area contributed by atoms with Gasteiger partial charge in [-0.2, -0.15) is 0 Å². The summed E-state index contributed by atoms with van der Waals surface area (Å²) in [6.45, 7) is 6.27. The van der Waals surface area contributed by atoms with E-state index >= 15 is 0 Å². The zero-order valence-corrected chi connectivity index (χ0v) is 15.4. The molecule has 1 aliphatic rings. The normalized spacial score (nSPS) is 27.3. The predicted octanol–water partition coefficient (Wildman–Crippen LogP) is 2.94. The lowest BCUT2D eigenvalue weighted by molar-refractivity contribution is -0.153. The second-order valence-electron chi connectivity index (χ2n) is 6.60. The monoisotopic (exact) mass is 340 g/mol. The molecule has 130 valence electrons. The fraction of sp³-hybridized carbons (Fsp3) is 0.667. The van der Waals surface area contributed by atoms with Crippen LogP contribution in [0, 0.1) is 0 Å². The number of ether oxygens (including phenoxy) is 1. The molecule has 0 aliphatic carbocycles. The molecule has 1 aromatic rings. The number of hydrogen-bond acceptors (Lipinski definition) is 4. The van der Waals surface area contributed by atoms with Crippen molar-refractivity contribution >= 4 is 11.6 Å². The van der Waals surface area contributed by atoms with Crippen molar-refractivity contribution in [1.82, 2.24) is 9.80 Å². The molecule has 0 saturated carbocycles. The Morgan fingerprint density at radius 1 is 1.39 bits per heavy atom. The summed E-state index contributed by atoms with van der Waals surface area (Å²) >= 11 is 6.07. The van der Waals surface area contributed by atoms with Crippen LogP contribution in [0.25, 0.3) is 0 Å². The first kappa shape index (κ1) is 18.7. The Morgan fingerprint density at radius 3 is 2.57 bits per heavy atom. The van der Waals surface area contributed by atoms with Gasteiger partial charge < -0.3 is 14.7 Å². The van der Waals surface area contributed by atoms with Crippen LogP contribution in [-0.4, -0.2) is 61.0 Å². The minimum Gasteiger partial charge on any atom is -0.379 e. The van der Waals surface area contributed by atoms with Crippen LogP contribution in [0.3, 0.4) is 0 Å². The molecule has 1 N–H and O–H groups in total. The zero-order valence-electron chi connectivity index (χ0n) is 14.6. The quantitative estimate of drug-likeness (QED) is 0.863. The van der Waals surface area contributed by atoms with Crippen LogP contribution < -0.4 is 0 Å². The van der Waals surface area contributed by atoms with E-state index in [4.69, 9.17) is 16.3 Å². The summed E-state index contributed by atoms with van der Waals surface area (Å²) in [7, 11) is 4.16. The topological polar surface area (TPSA) is 35.9 Å². The van der Waals surface area contributed by atoms with Crippen molar-refractivity contribution < 1.29 is 9.84 Å². The Morgan fingerprint density at radius 2 is 2.04 bits per heavy atom. The molecule has 3 atom stereocenters. The van der Waals surface area contributed by atoms with Crippen molar-refractivity contribution in [3.05, 3.63) is 34.9 Å². The van der Waals surface area contributed by atoms with Gasteiger partial charge in [-0.25, -0.2) is 0 Å². The third kappa shape index (κ3) is 4.06. The number of likely N-dealkylation sites (tertiary alicyclic amines) is 1. The summed E-state index contributed by atoms with van der Waals surface area (Å²) in [4.78, 5) is 4.31. The molecule has 1 aromatic carbocycles. The molecule has 3 unspecified atom stereocenters. The molecule has 1 aliphatic heterocycles. The fourth-order valence-electron chi connectivity index (χ4n) is 3.46. The molecule has 1 saturated heterocycles. The molecule has 4 nitrogen and oxygen atoms in total. The number of hydrogen-bond donors (Lipinski definition) is 1. The maximum atomic E-state index is 9.98. The van der Waals surface area contributed by atoms with Crippen LogP contribution in [0.2, 0.25) is 5.02 Å². The molecule has 1 heterocycles. The van der Waals surface area contributed by atoms with Crippen molar-refractivity contribution in [2.75, 3.05) is 33.8 Å². The van der Waals surface area contributed by atoms with Gasteiger partial charge in [0.25, 0.3) is 0 Å². The number of halogens is 1. The molecule has 1 fully saturated rings. The standard InChI is InChI=1S/C18H29ClN2O2/c1-5-12-23-18(15-6-8-16(19)9-7-15)10-11-21(14(2)22)13-17(18)20(3)4/h6-9,14,17,22H,5,10-13H2,1-4H3. The van der Waals surface area contributed by atoms with Gasteiger partial charge in [0.1, 0.15) is 11.8 Å². The third-order valence-electron chi connectivity index (χ3n) is 4.76. The van der Waals surface area contributed by atoms with Crippen molar-refractivity contribution in [3.8, 4) is 0 Å². The zero-order chi connectivity index (χ0) is 17.0. The average Bonchev–Trinajstić information content (AvgIpc) is 2.53. The third-order valence-corrected chi connectivity index (χ3v) is 5.02. The van der Waals surface area contributed by atoms with E-state index in [-0.39, 0.29) is 11.6 Å². The number of benzene rings is 1. The summed E-state index contributed by atoms with van der Waals surface area (Å²) < 4.78 is 6.45. The Labute approximate surface area is 145 Å². The highest BCUT2D eigenvalue weighted by Gasteiger charge is 2.47. The summed E-state index contributed by atoms with van der Waals surface area (Å²) in [6.07, 6.45) is 1.39. The maximum absolute atomic E-state index is 9.98. The number of aliphatic hydroxyl groups is 1. The van der Waals surface area contributed by atoms with Crippen LogP contribution in [0.1, 0.15) is 32.3 Å². The van der Waals surface area contributed by atoms with Crippen LogP contribution in [0.4, 0.5) is 0 Å². The van der Waals surface area contributed by atoms with Crippen molar-refractivity contribution in [1.29, 1.82) is 0 Å². The van der Waals surface area contributed by atoms with Crippen molar-refractivity contribution in [3.63, 3.8) is 0 Å². The first-order valence-corrected chi connectivity index (χ1v) is 8.77. The van der Waals surface area contributed by atoms with Crippen LogP contribution >= 0.6 is 11.6 Å². The minimum absolute atomic E-state index is 0.165. The van der Waals surface area contributed by atoms with Gasteiger partial charge in [-0.15, -0.1) is 0 Å². The second-order valence-corrected chi connectivity index (χ2v) is 7.04. The van der Waals surface area contributed by atoms with Gasteiger partial charge >= 0.3 is 0 Å². The highest BCUT2D eigenvalue weighted by Crippen LogP contribution is 2.40. The summed E-state index contributed by atoms with van der Waals surface area (Å²) in [6, 6.07) is 8.18. The van der Waals surface area contributed by atoms with Gasteiger partial charge in [0.2, 0.25) is 0 Å². The second kappa shape index (κ2) is 7.95. The Kier molecular flexibility index (Phi) is 6.46. The van der Waals surface area contributed by atoms with Crippen molar-refractivity contribution in [2.24, 2.45) is 0 Å². The number of piperidine rings is 1. The lowest BCUT2D eigenvalue weighted by atomic mass is 9.79. The lowest BCUT2D eigenvalue weighted by Gasteiger charge is -2.51. The van der Waals surface area contributed by atoms with E-state index in [9.17, 15) is 5.11 Å². The Hall–Kier alpha value is -0.650. The van der Waals surface area contributed by atoms with E-state index < -0.39 is 6.23 Å². The minimum atomic E-state index is -0.438. The first-order valence-electron chi connectivity index (χ1n) is 8.39. The van der Waals surface area contributed by atoms with Gasteiger partial charge in [-0.3, -0.25) is 4.90 Å². The van der Waals surface area contributed by atoms with E-state index in [1.165, 1.54) is 5.56 Å². The molecule has 5 heteroatoms. The lowest BCUT2D eigenvalue weighted by Crippen LogP contribution is -2.61. The smallest absolute Gasteiger partial charge is 0.111 e. The number of aliphatic hydroxyl groups excluding tert-OH is 1. The van der Waals surface area contributed by atoms with Gasteiger partial charge in [-0.05, 0) is 51.6 Å². The van der Waals surface area contributed by atoms with Crippen LogP contribution in [-0.2, 0) is 10.3 Å². The molecule has 0 spiro atoms. The summed E-state index contributed by atoms with van der Waals surface area (Å²) in [5.74, 6) is 0. The number of rotatable bonds is 6. The van der Waals surface area contributed by atoms with E-state index in [2.05, 4.69) is 43.0 Å². The van der Waals surface area contributed by atoms with E-state index in [0.29, 0.717) is 0 Å². The number of nitrogens with zero attached hydrogens (tertiary/aromatic N) is 2. The molecule has 2 rings (SSSR count). The molecule has 23 heavy (non-hydrogen) atoms. The molecular formula is C18H29ClN2O2.